The average molecular weight is 275 g/mol. The van der Waals surface area contributed by atoms with Gasteiger partial charge in [0.1, 0.15) is 5.82 Å². The highest BCUT2D eigenvalue weighted by atomic mass is 19.1. The van der Waals surface area contributed by atoms with Gasteiger partial charge in [-0.25, -0.2) is 4.39 Å². The second-order valence-electron chi connectivity index (χ2n) is 4.39. The molecular formula is C16H18FNO2. The molecule has 0 unspecified atom stereocenters. The van der Waals surface area contributed by atoms with Gasteiger partial charge in [0.25, 0.3) is 0 Å². The molecule has 4 heteroatoms. The summed E-state index contributed by atoms with van der Waals surface area (Å²) >= 11 is 0. The van der Waals surface area contributed by atoms with Crippen LogP contribution in [0.15, 0.2) is 36.4 Å². The van der Waals surface area contributed by atoms with Crippen LogP contribution in [0.25, 0.3) is 11.1 Å². The molecule has 0 spiro atoms. The van der Waals surface area contributed by atoms with Crippen LogP contribution in [0.1, 0.15) is 5.56 Å². The number of methoxy groups -OCH3 is 2. The Morgan fingerprint density at radius 1 is 1.05 bits per heavy atom. The van der Waals surface area contributed by atoms with E-state index in [9.17, 15) is 4.39 Å². The van der Waals surface area contributed by atoms with Gasteiger partial charge in [-0.05, 0) is 30.8 Å². The zero-order chi connectivity index (χ0) is 14.5. The molecule has 0 aliphatic heterocycles. The van der Waals surface area contributed by atoms with Crippen molar-refractivity contribution in [2.45, 2.75) is 6.54 Å². The standard InChI is InChI=1S/C16H18FNO2/c1-18-10-11-7-8-14(17)13(9-11)12-5-4-6-15(19-2)16(12)20-3/h4-9,18H,10H2,1-3H3. The van der Waals surface area contributed by atoms with E-state index in [-0.39, 0.29) is 5.82 Å². The fourth-order valence-corrected chi connectivity index (χ4v) is 2.19. The molecule has 0 fully saturated rings. The summed E-state index contributed by atoms with van der Waals surface area (Å²) in [5.41, 5.74) is 2.20. The molecule has 0 aromatic heterocycles. The van der Waals surface area contributed by atoms with E-state index in [1.54, 1.807) is 26.4 Å². The second kappa shape index (κ2) is 6.39. The normalized spacial score (nSPS) is 10.4. The number of hydrogen-bond donors (Lipinski definition) is 1. The molecule has 0 saturated carbocycles. The van der Waals surface area contributed by atoms with Crippen LogP contribution in [-0.2, 0) is 6.54 Å². The van der Waals surface area contributed by atoms with Gasteiger partial charge >= 0.3 is 0 Å². The van der Waals surface area contributed by atoms with Crippen molar-refractivity contribution >= 4 is 0 Å². The highest BCUT2D eigenvalue weighted by Gasteiger charge is 2.15. The van der Waals surface area contributed by atoms with Crippen molar-refractivity contribution in [2.24, 2.45) is 0 Å². The van der Waals surface area contributed by atoms with Crippen LogP contribution >= 0.6 is 0 Å². The predicted octanol–water partition coefficient (Wildman–Crippen LogP) is 3.23. The number of ether oxygens (including phenoxy) is 2. The summed E-state index contributed by atoms with van der Waals surface area (Å²) in [4.78, 5) is 0. The SMILES string of the molecule is CNCc1ccc(F)c(-c2cccc(OC)c2OC)c1. The quantitative estimate of drug-likeness (QED) is 0.908. The van der Waals surface area contributed by atoms with Crippen molar-refractivity contribution in [3.05, 3.63) is 47.8 Å². The minimum atomic E-state index is -0.281. The van der Waals surface area contributed by atoms with E-state index < -0.39 is 0 Å². The molecule has 0 aliphatic rings. The fourth-order valence-electron chi connectivity index (χ4n) is 2.19. The van der Waals surface area contributed by atoms with Gasteiger partial charge in [-0.3, -0.25) is 0 Å². The number of benzene rings is 2. The predicted molar refractivity (Wildman–Crippen MR) is 77.7 cm³/mol. The Hall–Kier alpha value is -2.07. The molecule has 2 rings (SSSR count). The first-order valence-electron chi connectivity index (χ1n) is 6.35. The molecule has 2 aromatic carbocycles. The summed E-state index contributed by atoms with van der Waals surface area (Å²) in [5, 5.41) is 3.05. The Balaban J connectivity index is 2.58. The lowest BCUT2D eigenvalue weighted by Crippen LogP contribution is -2.05. The Labute approximate surface area is 118 Å². The van der Waals surface area contributed by atoms with Crippen LogP contribution in [0.3, 0.4) is 0 Å². The van der Waals surface area contributed by atoms with Gasteiger partial charge in [-0.2, -0.15) is 0 Å². The molecule has 106 valence electrons. The first-order valence-corrected chi connectivity index (χ1v) is 6.35. The van der Waals surface area contributed by atoms with E-state index >= 15 is 0 Å². The Morgan fingerprint density at radius 3 is 2.50 bits per heavy atom. The monoisotopic (exact) mass is 275 g/mol. The molecule has 20 heavy (non-hydrogen) atoms. The molecule has 2 aromatic rings. The minimum absolute atomic E-state index is 0.281. The third kappa shape index (κ3) is 2.75. The highest BCUT2D eigenvalue weighted by molar-refractivity contribution is 5.74. The largest absolute Gasteiger partial charge is 0.493 e. The maximum atomic E-state index is 14.1. The van der Waals surface area contributed by atoms with Crippen LogP contribution in [0, 0.1) is 5.82 Å². The van der Waals surface area contributed by atoms with E-state index in [0.29, 0.717) is 29.2 Å². The molecule has 0 heterocycles. The molecule has 0 saturated heterocycles. The van der Waals surface area contributed by atoms with Crippen LogP contribution in [0.2, 0.25) is 0 Å². The summed E-state index contributed by atoms with van der Waals surface area (Å²) in [6.45, 7) is 0.680. The lowest BCUT2D eigenvalue weighted by Gasteiger charge is -2.14. The van der Waals surface area contributed by atoms with Gasteiger partial charge in [0.2, 0.25) is 0 Å². The highest BCUT2D eigenvalue weighted by Crippen LogP contribution is 2.39. The Kier molecular flexibility index (Phi) is 4.58. The topological polar surface area (TPSA) is 30.5 Å². The van der Waals surface area contributed by atoms with E-state index in [1.165, 1.54) is 6.07 Å². The molecule has 3 nitrogen and oxygen atoms in total. The molecule has 0 bridgehead atoms. The van der Waals surface area contributed by atoms with Crippen molar-refractivity contribution in [1.29, 1.82) is 0 Å². The number of para-hydroxylation sites is 1. The zero-order valence-corrected chi connectivity index (χ0v) is 11.9. The van der Waals surface area contributed by atoms with Crippen LogP contribution in [0.4, 0.5) is 4.39 Å². The molecule has 0 amide bonds. The van der Waals surface area contributed by atoms with E-state index in [0.717, 1.165) is 5.56 Å². The first kappa shape index (κ1) is 14.3. The third-order valence-corrected chi connectivity index (χ3v) is 3.10. The molecule has 1 N–H and O–H groups in total. The molecule has 0 aliphatic carbocycles. The summed E-state index contributed by atoms with van der Waals surface area (Å²) in [5.74, 6) is 0.843. The average Bonchev–Trinajstić information content (AvgIpc) is 2.48. The molecule has 0 atom stereocenters. The van der Waals surface area contributed by atoms with E-state index in [4.69, 9.17) is 9.47 Å². The Morgan fingerprint density at radius 2 is 1.85 bits per heavy atom. The lowest BCUT2D eigenvalue weighted by atomic mass is 10.0. The summed E-state index contributed by atoms with van der Waals surface area (Å²) in [7, 11) is 4.97. The van der Waals surface area contributed by atoms with Crippen LogP contribution < -0.4 is 14.8 Å². The van der Waals surface area contributed by atoms with Crippen molar-refractivity contribution < 1.29 is 13.9 Å². The smallest absolute Gasteiger partial charge is 0.168 e. The Bertz CT molecular complexity index is 599. The molecule has 0 radical (unpaired) electrons. The second-order valence-corrected chi connectivity index (χ2v) is 4.39. The van der Waals surface area contributed by atoms with Gasteiger partial charge in [-0.1, -0.05) is 18.2 Å². The van der Waals surface area contributed by atoms with Crippen LogP contribution in [0.5, 0.6) is 11.5 Å². The number of rotatable bonds is 5. The van der Waals surface area contributed by atoms with Gasteiger partial charge < -0.3 is 14.8 Å². The lowest BCUT2D eigenvalue weighted by molar-refractivity contribution is 0.356. The van der Waals surface area contributed by atoms with Gasteiger partial charge in [0.05, 0.1) is 14.2 Å². The zero-order valence-electron chi connectivity index (χ0n) is 11.9. The van der Waals surface area contributed by atoms with Gasteiger partial charge in [-0.15, -0.1) is 0 Å². The summed E-state index contributed by atoms with van der Waals surface area (Å²) in [6.07, 6.45) is 0. The van der Waals surface area contributed by atoms with Crippen molar-refractivity contribution in [2.75, 3.05) is 21.3 Å². The van der Waals surface area contributed by atoms with Crippen LogP contribution in [-0.4, -0.2) is 21.3 Å². The fraction of sp³-hybridized carbons (Fsp3) is 0.250. The van der Waals surface area contributed by atoms with Crippen molar-refractivity contribution in [3.63, 3.8) is 0 Å². The van der Waals surface area contributed by atoms with E-state index in [1.807, 2.05) is 25.2 Å². The minimum Gasteiger partial charge on any atom is -0.493 e. The van der Waals surface area contributed by atoms with Crippen molar-refractivity contribution in [3.8, 4) is 22.6 Å². The molecular weight excluding hydrogens is 257 g/mol. The summed E-state index contributed by atoms with van der Waals surface area (Å²) in [6, 6.07) is 10.5. The first-order chi connectivity index (χ1) is 9.71. The maximum Gasteiger partial charge on any atom is 0.168 e. The maximum absolute atomic E-state index is 14.1. The van der Waals surface area contributed by atoms with Gasteiger partial charge in [0.15, 0.2) is 11.5 Å². The number of hydrogen-bond acceptors (Lipinski definition) is 3. The van der Waals surface area contributed by atoms with Gasteiger partial charge in [0, 0.05) is 17.7 Å². The number of halogens is 1. The summed E-state index contributed by atoms with van der Waals surface area (Å²) < 4.78 is 24.8. The van der Waals surface area contributed by atoms with E-state index in [2.05, 4.69) is 5.32 Å². The number of nitrogens with one attached hydrogen (secondary N) is 1. The van der Waals surface area contributed by atoms with Crippen molar-refractivity contribution in [1.82, 2.24) is 5.32 Å². The third-order valence-electron chi connectivity index (χ3n) is 3.10.